The zero-order valence-corrected chi connectivity index (χ0v) is 19.4. The Kier molecular flexibility index (Phi) is 7.19. The zero-order chi connectivity index (χ0) is 23.6. The predicted octanol–water partition coefficient (Wildman–Crippen LogP) is 4.93. The molecule has 33 heavy (non-hydrogen) atoms. The minimum atomic E-state index is -4.72. The fourth-order valence-corrected chi connectivity index (χ4v) is 4.79. The van der Waals surface area contributed by atoms with Crippen molar-refractivity contribution in [1.82, 2.24) is 9.88 Å². The van der Waals surface area contributed by atoms with Crippen LogP contribution in [0.25, 0.3) is 10.9 Å². The molecule has 0 radical (unpaired) electrons. The summed E-state index contributed by atoms with van der Waals surface area (Å²) >= 11 is 0. The van der Waals surface area contributed by atoms with Gasteiger partial charge in [0.15, 0.2) is 11.5 Å². The number of aromatic nitrogens is 1. The molecule has 1 aromatic heterocycles. The minimum absolute atomic E-state index is 0.170. The molecule has 1 atom stereocenters. The lowest BCUT2D eigenvalue weighted by Crippen LogP contribution is -2.39. The van der Waals surface area contributed by atoms with Crippen LogP contribution >= 0.6 is 0 Å². The number of anilines is 1. The molecule has 0 amide bonds. The highest BCUT2D eigenvalue weighted by atomic mass is 19.4. The summed E-state index contributed by atoms with van der Waals surface area (Å²) in [5.41, 5.74) is 3.22. The van der Waals surface area contributed by atoms with E-state index >= 15 is 0 Å². The molecule has 1 aliphatic carbocycles. The first-order valence-corrected chi connectivity index (χ1v) is 11.6. The summed E-state index contributed by atoms with van der Waals surface area (Å²) in [5, 5.41) is 4.43. The van der Waals surface area contributed by atoms with Gasteiger partial charge in [-0.25, -0.2) is 4.98 Å². The van der Waals surface area contributed by atoms with Crippen LogP contribution in [0.2, 0.25) is 0 Å². The molecule has 2 aromatic rings. The Morgan fingerprint density at radius 3 is 2.45 bits per heavy atom. The van der Waals surface area contributed by atoms with Gasteiger partial charge >= 0.3 is 6.36 Å². The smallest absolute Gasteiger partial charge is 0.493 e. The Morgan fingerprint density at radius 1 is 1.06 bits per heavy atom. The van der Waals surface area contributed by atoms with Crippen molar-refractivity contribution < 1.29 is 27.4 Å². The Balaban J connectivity index is 1.61. The van der Waals surface area contributed by atoms with Crippen molar-refractivity contribution in [2.75, 3.05) is 38.7 Å². The first-order valence-electron chi connectivity index (χ1n) is 11.6. The number of hydrogen-bond acceptors (Lipinski definition) is 6. The molecule has 0 saturated carbocycles. The zero-order valence-electron chi connectivity index (χ0n) is 19.4. The maximum atomic E-state index is 13.0. The van der Waals surface area contributed by atoms with Crippen molar-refractivity contribution in [1.29, 1.82) is 0 Å². The summed E-state index contributed by atoms with van der Waals surface area (Å²) in [6.45, 7) is 5.62. The molecule has 0 bridgehead atoms. The Morgan fingerprint density at radius 2 is 1.79 bits per heavy atom. The molecule has 2 heterocycles. The number of methoxy groups -OCH3 is 1. The lowest BCUT2D eigenvalue weighted by molar-refractivity contribution is -0.345. The first kappa shape index (κ1) is 23.9. The standard InChI is InChI=1S/C24H32F3N3O3/c1-15(2)28-23-18-8-6-7-17(18)19-11-21(31-3)22(12-20(19)29-23)32-14-16(33-24(25,26)27)13-30-9-4-5-10-30/h11-12,15-16H,4-10,13-14H2,1-3H3,(H,28,29). The number of alkyl halides is 3. The quantitative estimate of drug-likeness (QED) is 0.564. The largest absolute Gasteiger partial charge is 0.522 e. The molecule has 182 valence electrons. The molecular weight excluding hydrogens is 435 g/mol. The number of hydrogen-bond donors (Lipinski definition) is 1. The predicted molar refractivity (Wildman–Crippen MR) is 121 cm³/mol. The van der Waals surface area contributed by atoms with E-state index in [-0.39, 0.29) is 19.2 Å². The van der Waals surface area contributed by atoms with Gasteiger partial charge in [0.05, 0.1) is 12.6 Å². The number of nitrogens with zero attached hydrogens (tertiary/aromatic N) is 2. The van der Waals surface area contributed by atoms with Crippen molar-refractivity contribution in [3.8, 4) is 11.5 Å². The van der Waals surface area contributed by atoms with Gasteiger partial charge in [-0.05, 0) is 76.2 Å². The van der Waals surface area contributed by atoms with Crippen LogP contribution in [0.15, 0.2) is 12.1 Å². The van der Waals surface area contributed by atoms with Crippen molar-refractivity contribution >= 4 is 16.7 Å². The lowest BCUT2D eigenvalue weighted by atomic mass is 10.0. The first-order chi connectivity index (χ1) is 15.7. The van der Waals surface area contributed by atoms with Crippen molar-refractivity contribution in [3.05, 3.63) is 23.3 Å². The van der Waals surface area contributed by atoms with Gasteiger partial charge in [-0.3, -0.25) is 4.74 Å². The van der Waals surface area contributed by atoms with Crippen molar-refractivity contribution in [2.45, 2.75) is 64.5 Å². The monoisotopic (exact) mass is 467 g/mol. The number of nitrogens with one attached hydrogen (secondary N) is 1. The molecule has 1 N–H and O–H groups in total. The maximum Gasteiger partial charge on any atom is 0.522 e. The van der Waals surface area contributed by atoms with Crippen LogP contribution < -0.4 is 14.8 Å². The van der Waals surface area contributed by atoms with Gasteiger partial charge in [0.2, 0.25) is 0 Å². The lowest BCUT2D eigenvalue weighted by Gasteiger charge is -2.25. The van der Waals surface area contributed by atoms with Gasteiger partial charge in [0.1, 0.15) is 18.5 Å². The Labute approximate surface area is 192 Å². The molecular formula is C24H32F3N3O3. The van der Waals surface area contributed by atoms with Crippen LogP contribution in [-0.4, -0.2) is 61.7 Å². The summed E-state index contributed by atoms with van der Waals surface area (Å²) in [7, 11) is 1.53. The van der Waals surface area contributed by atoms with Crippen LogP contribution in [-0.2, 0) is 17.6 Å². The van der Waals surface area contributed by atoms with Crippen LogP contribution in [0.3, 0.4) is 0 Å². The third kappa shape index (κ3) is 5.81. The number of pyridine rings is 1. The number of ether oxygens (including phenoxy) is 3. The van der Waals surface area contributed by atoms with E-state index in [2.05, 4.69) is 23.9 Å². The van der Waals surface area contributed by atoms with E-state index in [1.807, 2.05) is 11.0 Å². The third-order valence-corrected chi connectivity index (χ3v) is 6.15. The summed E-state index contributed by atoms with van der Waals surface area (Å²) in [6, 6.07) is 3.89. The van der Waals surface area contributed by atoms with E-state index in [1.165, 1.54) is 18.2 Å². The summed E-state index contributed by atoms with van der Waals surface area (Å²) in [6.07, 6.45) is -0.878. The van der Waals surface area contributed by atoms with Crippen molar-refractivity contribution in [2.24, 2.45) is 0 Å². The normalized spacial score (nSPS) is 17.5. The van der Waals surface area contributed by atoms with E-state index in [0.29, 0.717) is 11.5 Å². The van der Waals surface area contributed by atoms with E-state index in [0.717, 1.165) is 61.9 Å². The average Bonchev–Trinajstić information content (AvgIpc) is 3.42. The summed E-state index contributed by atoms with van der Waals surface area (Å²) < 4.78 is 54.8. The van der Waals surface area contributed by atoms with Crippen LogP contribution in [0.5, 0.6) is 11.5 Å². The number of rotatable bonds is 9. The van der Waals surface area contributed by atoms with Gasteiger partial charge in [-0.15, -0.1) is 13.2 Å². The molecule has 9 heteroatoms. The van der Waals surface area contributed by atoms with Crippen LogP contribution in [0, 0.1) is 0 Å². The summed E-state index contributed by atoms with van der Waals surface area (Å²) in [5.74, 6) is 1.71. The van der Waals surface area contributed by atoms with Gasteiger partial charge in [-0.1, -0.05) is 0 Å². The van der Waals surface area contributed by atoms with Gasteiger partial charge in [0.25, 0.3) is 0 Å². The Hall–Kier alpha value is -2.26. The highest BCUT2D eigenvalue weighted by molar-refractivity contribution is 5.89. The highest BCUT2D eigenvalue weighted by Gasteiger charge is 2.35. The average molecular weight is 468 g/mol. The molecule has 0 spiro atoms. The van der Waals surface area contributed by atoms with E-state index in [1.54, 1.807) is 6.07 Å². The second-order valence-corrected chi connectivity index (χ2v) is 9.09. The second-order valence-electron chi connectivity index (χ2n) is 9.09. The molecule has 1 aliphatic heterocycles. The fourth-order valence-electron chi connectivity index (χ4n) is 4.79. The van der Waals surface area contributed by atoms with E-state index in [4.69, 9.17) is 14.5 Å². The van der Waals surface area contributed by atoms with Gasteiger partial charge in [-0.2, -0.15) is 0 Å². The molecule has 2 aliphatic rings. The number of benzene rings is 1. The number of halogens is 3. The van der Waals surface area contributed by atoms with Crippen molar-refractivity contribution in [3.63, 3.8) is 0 Å². The second kappa shape index (κ2) is 9.93. The third-order valence-electron chi connectivity index (χ3n) is 6.15. The maximum absolute atomic E-state index is 13.0. The minimum Gasteiger partial charge on any atom is -0.493 e. The molecule has 1 fully saturated rings. The molecule has 4 rings (SSSR count). The number of aryl methyl sites for hydroxylation is 1. The number of likely N-dealkylation sites (tertiary alicyclic amines) is 1. The molecule has 6 nitrogen and oxygen atoms in total. The Bertz CT molecular complexity index is 975. The topological polar surface area (TPSA) is 55.8 Å². The number of fused-ring (bicyclic) bond motifs is 3. The van der Waals surface area contributed by atoms with Crippen LogP contribution in [0.4, 0.5) is 19.0 Å². The van der Waals surface area contributed by atoms with Crippen LogP contribution in [0.1, 0.15) is 44.2 Å². The van der Waals surface area contributed by atoms with Gasteiger partial charge < -0.3 is 19.7 Å². The van der Waals surface area contributed by atoms with Gasteiger partial charge in [0, 0.05) is 24.0 Å². The highest BCUT2D eigenvalue weighted by Crippen LogP contribution is 2.39. The summed E-state index contributed by atoms with van der Waals surface area (Å²) in [4.78, 5) is 6.80. The molecule has 1 saturated heterocycles. The van der Waals surface area contributed by atoms with E-state index < -0.39 is 12.5 Å². The molecule has 1 aromatic carbocycles. The fraction of sp³-hybridized carbons (Fsp3) is 0.625. The van der Waals surface area contributed by atoms with E-state index in [9.17, 15) is 13.2 Å². The SMILES string of the molecule is COc1cc2c3c(c(NC(C)C)nc2cc1OCC(CN1CCCC1)OC(F)(F)F)CCC3. The molecule has 1 unspecified atom stereocenters.